The van der Waals surface area contributed by atoms with Crippen LogP contribution in [0.4, 0.5) is 9.52 Å². The quantitative estimate of drug-likeness (QED) is 0.520. The van der Waals surface area contributed by atoms with Crippen LogP contribution in [0.5, 0.6) is 0 Å². The van der Waals surface area contributed by atoms with Crippen molar-refractivity contribution in [1.82, 2.24) is 4.98 Å². The molecule has 114 valence electrons. The molecule has 6 nitrogen and oxygen atoms in total. The van der Waals surface area contributed by atoms with Crippen LogP contribution in [-0.4, -0.2) is 22.7 Å². The van der Waals surface area contributed by atoms with Gasteiger partial charge in [0.15, 0.2) is 10.7 Å². The minimum absolute atomic E-state index is 0.259. The number of ether oxygens (including phenoxy) is 2. The largest absolute Gasteiger partial charge is 0.419 e. The lowest BCUT2D eigenvalue weighted by Gasteiger charge is -2.29. The molecule has 2 aromatic rings. The van der Waals surface area contributed by atoms with Crippen molar-refractivity contribution in [3.8, 4) is 0 Å². The third-order valence-electron chi connectivity index (χ3n) is 2.81. The van der Waals surface area contributed by atoms with Crippen LogP contribution in [0.15, 0.2) is 30.0 Å². The molecular weight excluding hydrogens is 311 g/mol. The number of nitrogens with one attached hydrogen (secondary N) is 1. The molecule has 1 fully saturated rings. The van der Waals surface area contributed by atoms with Crippen LogP contribution < -0.4 is 5.32 Å². The Morgan fingerprint density at radius 2 is 1.95 bits per heavy atom. The van der Waals surface area contributed by atoms with Gasteiger partial charge in [0.2, 0.25) is 0 Å². The second-order valence-corrected chi connectivity index (χ2v) is 6.04. The van der Waals surface area contributed by atoms with Gasteiger partial charge in [-0.2, -0.15) is 0 Å². The summed E-state index contributed by atoms with van der Waals surface area (Å²) in [4.78, 5) is 27.7. The Morgan fingerprint density at radius 1 is 1.27 bits per heavy atom. The molecule has 8 heteroatoms. The third-order valence-corrected chi connectivity index (χ3v) is 3.76. The maximum Gasteiger partial charge on any atom is 0.350 e. The molecule has 0 amide bonds. The molecule has 0 unspecified atom stereocenters. The summed E-state index contributed by atoms with van der Waals surface area (Å²) in [5, 5.41) is 3.15. The fourth-order valence-electron chi connectivity index (χ4n) is 1.87. The maximum atomic E-state index is 13.1. The monoisotopic (exact) mass is 322 g/mol. The molecule has 0 aliphatic carbocycles. The standard InChI is InChI=1S/C14H11FN2O4S/c1-14(2)20-11(18)8(12(19)21-14)6-16-13-17-9-4-3-7(15)5-10(9)22-13/h3-6H,1-2H3,(H,16,17). The van der Waals surface area contributed by atoms with E-state index in [-0.39, 0.29) is 11.4 Å². The average Bonchev–Trinajstić information content (AvgIpc) is 2.78. The number of thiazole rings is 1. The van der Waals surface area contributed by atoms with Gasteiger partial charge in [-0.3, -0.25) is 0 Å². The molecule has 1 aliphatic rings. The number of fused-ring (bicyclic) bond motifs is 1. The summed E-state index contributed by atoms with van der Waals surface area (Å²) in [5.74, 6) is -3.19. The smallest absolute Gasteiger partial charge is 0.350 e. The Labute approximate surface area is 128 Å². The highest BCUT2D eigenvalue weighted by molar-refractivity contribution is 7.22. The lowest BCUT2D eigenvalue weighted by Crippen LogP contribution is -2.42. The SMILES string of the molecule is CC1(C)OC(=O)C(=CNc2nc3ccc(F)cc3s2)C(=O)O1. The Balaban J connectivity index is 1.83. The number of hydrogen-bond acceptors (Lipinski definition) is 7. The van der Waals surface area contributed by atoms with Crippen molar-refractivity contribution in [2.75, 3.05) is 5.32 Å². The molecule has 1 aromatic heterocycles. The predicted octanol–water partition coefficient (Wildman–Crippen LogP) is 2.57. The molecule has 0 spiro atoms. The molecular formula is C14H11FN2O4S. The van der Waals surface area contributed by atoms with Gasteiger partial charge < -0.3 is 14.8 Å². The van der Waals surface area contributed by atoms with Crippen molar-refractivity contribution in [2.45, 2.75) is 19.6 Å². The van der Waals surface area contributed by atoms with Gasteiger partial charge >= 0.3 is 11.9 Å². The fraction of sp³-hybridized carbons (Fsp3) is 0.214. The van der Waals surface area contributed by atoms with E-state index in [1.807, 2.05) is 0 Å². The van der Waals surface area contributed by atoms with Gasteiger partial charge in [0.05, 0.1) is 10.2 Å². The van der Waals surface area contributed by atoms with Crippen molar-refractivity contribution in [3.05, 3.63) is 35.8 Å². The second kappa shape index (κ2) is 5.06. The Hall–Kier alpha value is -2.48. The zero-order valence-electron chi connectivity index (χ0n) is 11.7. The highest BCUT2D eigenvalue weighted by Gasteiger charge is 2.38. The molecule has 2 heterocycles. The van der Waals surface area contributed by atoms with Crippen LogP contribution >= 0.6 is 11.3 Å². The van der Waals surface area contributed by atoms with Crippen molar-refractivity contribution < 1.29 is 23.5 Å². The maximum absolute atomic E-state index is 13.1. The first kappa shape index (κ1) is 14.5. The second-order valence-electron chi connectivity index (χ2n) is 5.01. The third kappa shape index (κ3) is 2.77. The van der Waals surface area contributed by atoms with Crippen LogP contribution in [0.1, 0.15) is 13.8 Å². The lowest BCUT2D eigenvalue weighted by atomic mass is 10.2. The number of rotatable bonds is 2. The average molecular weight is 322 g/mol. The number of nitrogens with zero attached hydrogens (tertiary/aromatic N) is 1. The summed E-state index contributed by atoms with van der Waals surface area (Å²) in [6.45, 7) is 2.93. The first-order valence-corrected chi connectivity index (χ1v) is 7.15. The van der Waals surface area contributed by atoms with E-state index in [4.69, 9.17) is 9.47 Å². The van der Waals surface area contributed by atoms with Crippen LogP contribution in [0.25, 0.3) is 10.2 Å². The van der Waals surface area contributed by atoms with E-state index in [9.17, 15) is 14.0 Å². The summed E-state index contributed by atoms with van der Waals surface area (Å²) in [7, 11) is 0. The molecule has 1 saturated heterocycles. The van der Waals surface area contributed by atoms with Crippen LogP contribution in [0.3, 0.4) is 0 Å². The molecule has 22 heavy (non-hydrogen) atoms. The highest BCUT2D eigenvalue weighted by atomic mass is 32.1. The van der Waals surface area contributed by atoms with Crippen LogP contribution in [0, 0.1) is 5.82 Å². The van der Waals surface area contributed by atoms with Crippen molar-refractivity contribution in [2.24, 2.45) is 0 Å². The summed E-state index contributed by atoms with van der Waals surface area (Å²) in [6.07, 6.45) is 1.17. The number of benzene rings is 1. The zero-order chi connectivity index (χ0) is 15.9. The first-order valence-electron chi connectivity index (χ1n) is 6.33. The molecule has 0 saturated carbocycles. The summed E-state index contributed by atoms with van der Waals surface area (Å²) < 4.78 is 23.7. The minimum atomic E-state index is -1.28. The van der Waals surface area contributed by atoms with Gasteiger partial charge in [0, 0.05) is 20.0 Å². The van der Waals surface area contributed by atoms with E-state index in [1.54, 1.807) is 6.07 Å². The number of hydrogen-bond donors (Lipinski definition) is 1. The van der Waals surface area contributed by atoms with E-state index in [0.29, 0.717) is 15.3 Å². The number of carbonyl (C=O) groups is 2. The van der Waals surface area contributed by atoms with E-state index >= 15 is 0 Å². The number of halogens is 1. The molecule has 0 atom stereocenters. The molecule has 0 bridgehead atoms. The molecule has 0 radical (unpaired) electrons. The summed E-state index contributed by atoms with van der Waals surface area (Å²) in [6, 6.07) is 4.21. The topological polar surface area (TPSA) is 77.5 Å². The van der Waals surface area contributed by atoms with Crippen molar-refractivity contribution in [3.63, 3.8) is 0 Å². The Bertz CT molecular complexity index is 790. The zero-order valence-corrected chi connectivity index (χ0v) is 12.5. The van der Waals surface area contributed by atoms with E-state index < -0.39 is 17.7 Å². The fourth-order valence-corrected chi connectivity index (χ4v) is 2.73. The van der Waals surface area contributed by atoms with Crippen LogP contribution in [-0.2, 0) is 19.1 Å². The van der Waals surface area contributed by atoms with Gasteiger partial charge in [-0.25, -0.2) is 19.0 Å². The van der Waals surface area contributed by atoms with Gasteiger partial charge in [0.1, 0.15) is 5.82 Å². The number of anilines is 1. The lowest BCUT2D eigenvalue weighted by molar-refractivity contribution is -0.222. The summed E-state index contributed by atoms with van der Waals surface area (Å²) >= 11 is 1.19. The van der Waals surface area contributed by atoms with Crippen LogP contribution in [0.2, 0.25) is 0 Å². The van der Waals surface area contributed by atoms with Gasteiger partial charge in [-0.05, 0) is 18.2 Å². The molecule has 1 aromatic carbocycles. The molecule has 1 N–H and O–H groups in total. The number of carbonyl (C=O) groups excluding carboxylic acids is 2. The minimum Gasteiger partial charge on any atom is -0.419 e. The van der Waals surface area contributed by atoms with Crippen molar-refractivity contribution in [1.29, 1.82) is 0 Å². The Morgan fingerprint density at radius 3 is 2.64 bits per heavy atom. The molecule has 3 rings (SSSR count). The number of esters is 2. The van der Waals surface area contributed by atoms with Gasteiger partial charge in [0.25, 0.3) is 5.79 Å². The molecule has 1 aliphatic heterocycles. The van der Waals surface area contributed by atoms with Gasteiger partial charge in [-0.1, -0.05) is 11.3 Å². The normalized spacial score (nSPS) is 17.1. The number of aromatic nitrogens is 1. The van der Waals surface area contributed by atoms with E-state index in [1.165, 1.54) is 43.5 Å². The van der Waals surface area contributed by atoms with Crippen molar-refractivity contribution >= 4 is 38.6 Å². The first-order chi connectivity index (χ1) is 10.3. The van der Waals surface area contributed by atoms with E-state index in [0.717, 1.165) is 0 Å². The van der Waals surface area contributed by atoms with E-state index in [2.05, 4.69) is 10.3 Å². The highest BCUT2D eigenvalue weighted by Crippen LogP contribution is 2.27. The number of cyclic esters (lactones) is 2. The summed E-state index contributed by atoms with van der Waals surface area (Å²) in [5.41, 5.74) is 0.354. The Kier molecular flexibility index (Phi) is 3.32. The predicted molar refractivity (Wildman–Crippen MR) is 77.5 cm³/mol. The van der Waals surface area contributed by atoms with Gasteiger partial charge in [-0.15, -0.1) is 0 Å².